The summed E-state index contributed by atoms with van der Waals surface area (Å²) in [6, 6.07) is 3.32. The molecule has 0 spiro atoms. The molecule has 0 bridgehead atoms. The van der Waals surface area contributed by atoms with Crippen molar-refractivity contribution >= 4 is 37.3 Å². The molecule has 16 heavy (non-hydrogen) atoms. The van der Waals surface area contributed by atoms with E-state index in [0.717, 1.165) is 23.2 Å². The van der Waals surface area contributed by atoms with Gasteiger partial charge in [-0.3, -0.25) is 0 Å². The van der Waals surface area contributed by atoms with E-state index in [1.54, 1.807) is 12.1 Å². The molecule has 90 valence electrons. The van der Waals surface area contributed by atoms with Crippen LogP contribution in [-0.4, -0.2) is 27.7 Å². The van der Waals surface area contributed by atoms with E-state index in [-0.39, 0.29) is 6.10 Å². The fourth-order valence-corrected chi connectivity index (χ4v) is 4.64. The molecule has 0 amide bonds. The maximum atomic E-state index is 11.8. The maximum Gasteiger partial charge on any atom is 0.250 e. The van der Waals surface area contributed by atoms with Gasteiger partial charge < -0.3 is 4.74 Å². The molecular weight excluding hydrogens is 314 g/mol. The number of rotatable bonds is 4. The van der Waals surface area contributed by atoms with Crippen molar-refractivity contribution in [3.63, 3.8) is 0 Å². The van der Waals surface area contributed by atoms with Crippen LogP contribution in [0, 0.1) is 0 Å². The predicted octanol–water partition coefficient (Wildman–Crippen LogP) is 1.97. The summed E-state index contributed by atoms with van der Waals surface area (Å²) in [7, 11) is -3.37. The van der Waals surface area contributed by atoms with Crippen LogP contribution in [0.5, 0.6) is 0 Å². The van der Waals surface area contributed by atoms with Crippen LogP contribution in [0.3, 0.4) is 0 Å². The van der Waals surface area contributed by atoms with Gasteiger partial charge in [0.15, 0.2) is 0 Å². The number of halogens is 1. The van der Waals surface area contributed by atoms with Gasteiger partial charge in [0, 0.05) is 13.2 Å². The first-order valence-corrected chi connectivity index (χ1v) is 8.04. The monoisotopic (exact) mass is 325 g/mol. The van der Waals surface area contributed by atoms with E-state index in [4.69, 9.17) is 4.74 Å². The predicted molar refractivity (Wildman–Crippen MR) is 66.2 cm³/mol. The van der Waals surface area contributed by atoms with Gasteiger partial charge in [0.05, 0.1) is 9.89 Å². The van der Waals surface area contributed by atoms with Crippen LogP contribution in [0.25, 0.3) is 0 Å². The van der Waals surface area contributed by atoms with Crippen LogP contribution < -0.4 is 4.72 Å². The average Bonchev–Trinajstić information content (AvgIpc) is 2.85. The highest BCUT2D eigenvalue weighted by atomic mass is 79.9. The molecule has 0 radical (unpaired) electrons. The van der Waals surface area contributed by atoms with Gasteiger partial charge in [0.2, 0.25) is 10.0 Å². The largest absolute Gasteiger partial charge is 0.377 e. The number of hydrogen-bond donors (Lipinski definition) is 1. The number of hydrogen-bond acceptors (Lipinski definition) is 4. The molecule has 0 aliphatic carbocycles. The molecule has 1 aromatic heterocycles. The number of nitrogens with one attached hydrogen (secondary N) is 1. The molecule has 1 atom stereocenters. The molecule has 4 nitrogen and oxygen atoms in total. The SMILES string of the molecule is O=S(=O)(NC[C@H]1CCCO1)c1ccc(Br)s1. The highest BCUT2D eigenvalue weighted by Gasteiger charge is 2.21. The van der Waals surface area contributed by atoms with E-state index in [2.05, 4.69) is 20.7 Å². The van der Waals surface area contributed by atoms with Crippen LogP contribution in [0.15, 0.2) is 20.1 Å². The Kier molecular flexibility index (Phi) is 4.01. The third-order valence-corrected chi connectivity index (χ3v) is 5.88. The van der Waals surface area contributed by atoms with Gasteiger partial charge in [-0.1, -0.05) is 0 Å². The van der Waals surface area contributed by atoms with Crippen LogP contribution in [0.2, 0.25) is 0 Å². The van der Waals surface area contributed by atoms with Crippen molar-refractivity contribution in [1.29, 1.82) is 0 Å². The molecule has 1 aromatic rings. The summed E-state index contributed by atoms with van der Waals surface area (Å²) in [6.45, 7) is 1.09. The van der Waals surface area contributed by atoms with Crippen molar-refractivity contribution in [2.45, 2.75) is 23.2 Å². The van der Waals surface area contributed by atoms with Crippen LogP contribution in [-0.2, 0) is 14.8 Å². The van der Waals surface area contributed by atoms with Gasteiger partial charge in [-0.15, -0.1) is 11.3 Å². The molecule has 1 aliphatic heterocycles. The highest BCUT2D eigenvalue weighted by molar-refractivity contribution is 9.11. The average molecular weight is 326 g/mol. The van der Waals surface area contributed by atoms with Crippen molar-refractivity contribution in [3.8, 4) is 0 Å². The third kappa shape index (κ3) is 3.04. The van der Waals surface area contributed by atoms with Crippen LogP contribution >= 0.6 is 27.3 Å². The molecule has 2 rings (SSSR count). The zero-order valence-corrected chi connectivity index (χ0v) is 11.7. The molecule has 1 fully saturated rings. The van der Waals surface area contributed by atoms with Crippen LogP contribution in [0.1, 0.15) is 12.8 Å². The first-order chi connectivity index (χ1) is 7.58. The van der Waals surface area contributed by atoms with Gasteiger partial charge >= 0.3 is 0 Å². The number of sulfonamides is 1. The quantitative estimate of drug-likeness (QED) is 0.920. The van der Waals surface area contributed by atoms with E-state index >= 15 is 0 Å². The maximum absolute atomic E-state index is 11.8. The second-order valence-corrected chi connectivity index (χ2v) is 8.00. The van der Waals surface area contributed by atoms with Crippen molar-refractivity contribution < 1.29 is 13.2 Å². The van der Waals surface area contributed by atoms with E-state index in [9.17, 15) is 8.42 Å². The van der Waals surface area contributed by atoms with Crippen LogP contribution in [0.4, 0.5) is 0 Å². The van der Waals surface area contributed by atoms with Crippen molar-refractivity contribution in [1.82, 2.24) is 4.72 Å². The summed E-state index contributed by atoms with van der Waals surface area (Å²) in [5, 5.41) is 0. The third-order valence-electron chi connectivity index (χ3n) is 2.34. The lowest BCUT2D eigenvalue weighted by Crippen LogP contribution is -2.31. The summed E-state index contributed by atoms with van der Waals surface area (Å²) in [6.07, 6.45) is 1.96. The van der Waals surface area contributed by atoms with Gasteiger partial charge in [-0.2, -0.15) is 0 Å². The summed E-state index contributed by atoms with van der Waals surface area (Å²) in [5.74, 6) is 0. The Hall–Kier alpha value is 0.0500. The molecule has 1 aliphatic rings. The summed E-state index contributed by atoms with van der Waals surface area (Å²) in [5.41, 5.74) is 0. The summed E-state index contributed by atoms with van der Waals surface area (Å²) >= 11 is 4.45. The van der Waals surface area contributed by atoms with Gasteiger partial charge in [-0.25, -0.2) is 13.1 Å². The molecule has 0 saturated carbocycles. The first-order valence-electron chi connectivity index (χ1n) is 4.94. The minimum atomic E-state index is -3.37. The highest BCUT2D eigenvalue weighted by Crippen LogP contribution is 2.25. The number of ether oxygens (including phenoxy) is 1. The van der Waals surface area contributed by atoms with Gasteiger partial charge in [0.1, 0.15) is 4.21 Å². The lowest BCUT2D eigenvalue weighted by atomic mass is 10.2. The van der Waals surface area contributed by atoms with Crippen molar-refractivity contribution in [2.75, 3.05) is 13.2 Å². The molecule has 0 aromatic carbocycles. The molecular formula is C9H12BrNO3S2. The van der Waals surface area contributed by atoms with E-state index < -0.39 is 10.0 Å². The Morgan fingerprint density at radius 3 is 2.94 bits per heavy atom. The molecule has 1 saturated heterocycles. The Labute approximate surface area is 107 Å². The fraction of sp³-hybridized carbons (Fsp3) is 0.556. The topological polar surface area (TPSA) is 55.4 Å². The minimum absolute atomic E-state index is 0.0261. The Balaban J connectivity index is 1.97. The molecule has 7 heteroatoms. The smallest absolute Gasteiger partial charge is 0.250 e. The summed E-state index contributed by atoms with van der Waals surface area (Å²) < 4.78 is 32.7. The number of thiophene rings is 1. The van der Waals surface area contributed by atoms with Gasteiger partial charge in [-0.05, 0) is 40.9 Å². The van der Waals surface area contributed by atoms with E-state index in [1.165, 1.54) is 11.3 Å². The first kappa shape index (κ1) is 12.5. The van der Waals surface area contributed by atoms with Gasteiger partial charge in [0.25, 0.3) is 0 Å². The van der Waals surface area contributed by atoms with Crippen molar-refractivity contribution in [3.05, 3.63) is 15.9 Å². The second kappa shape index (κ2) is 5.14. The zero-order chi connectivity index (χ0) is 11.6. The lowest BCUT2D eigenvalue weighted by Gasteiger charge is -2.10. The summed E-state index contributed by atoms with van der Waals surface area (Å²) in [4.78, 5) is 0. The van der Waals surface area contributed by atoms with E-state index in [1.807, 2.05) is 0 Å². The van der Waals surface area contributed by atoms with Crippen molar-refractivity contribution in [2.24, 2.45) is 0 Å². The minimum Gasteiger partial charge on any atom is -0.377 e. The fourth-order valence-electron chi connectivity index (χ4n) is 1.52. The standard InChI is InChI=1S/C9H12BrNO3S2/c10-8-3-4-9(15-8)16(12,13)11-6-7-2-1-5-14-7/h3-4,7,11H,1-2,5-6H2/t7-/m1/s1. The zero-order valence-electron chi connectivity index (χ0n) is 8.48. The second-order valence-electron chi connectivity index (χ2n) is 3.55. The normalized spacial score (nSPS) is 21.4. The van der Waals surface area contributed by atoms with E-state index in [0.29, 0.717) is 10.8 Å². The Morgan fingerprint density at radius 2 is 2.38 bits per heavy atom. The Bertz CT molecular complexity index is 451. The Morgan fingerprint density at radius 1 is 1.56 bits per heavy atom. The molecule has 1 N–H and O–H groups in total. The lowest BCUT2D eigenvalue weighted by molar-refractivity contribution is 0.114. The molecule has 2 heterocycles. The molecule has 0 unspecified atom stereocenters.